The van der Waals surface area contributed by atoms with E-state index in [9.17, 15) is 14.7 Å². The summed E-state index contributed by atoms with van der Waals surface area (Å²) in [5, 5.41) is 10.4. The van der Waals surface area contributed by atoms with E-state index in [2.05, 4.69) is 31.0 Å². The van der Waals surface area contributed by atoms with E-state index in [1.807, 2.05) is 42.6 Å². The smallest absolute Gasteiger partial charge is 0.337 e. The normalized spacial score (nSPS) is 14.4. The monoisotopic (exact) mass is 448 g/mol. The molecule has 0 atom stereocenters. The molecule has 0 unspecified atom stereocenters. The van der Waals surface area contributed by atoms with Crippen molar-refractivity contribution in [3.8, 4) is 0 Å². The van der Waals surface area contributed by atoms with Crippen LogP contribution in [0, 0.1) is 0 Å². The number of rotatable bonds is 4. The molecule has 34 heavy (non-hydrogen) atoms. The minimum Gasteiger partial charge on any atom is -0.478 e. The van der Waals surface area contributed by atoms with E-state index >= 15 is 0 Å². The molecule has 4 aromatic rings. The van der Waals surface area contributed by atoms with Crippen molar-refractivity contribution in [2.24, 2.45) is 0 Å². The van der Waals surface area contributed by atoms with Crippen LogP contribution in [0.5, 0.6) is 0 Å². The highest BCUT2D eigenvalue weighted by Crippen LogP contribution is 2.42. The van der Waals surface area contributed by atoms with E-state index in [4.69, 9.17) is 5.73 Å². The molecule has 0 fully saturated rings. The van der Waals surface area contributed by atoms with Crippen molar-refractivity contribution in [3.05, 3.63) is 112 Å². The number of carbonyl (C=O) groups is 2. The van der Waals surface area contributed by atoms with E-state index in [-0.39, 0.29) is 28.0 Å². The second kappa shape index (κ2) is 7.96. The Labute approximate surface area is 197 Å². The maximum Gasteiger partial charge on any atom is 0.337 e. The lowest BCUT2D eigenvalue weighted by Crippen LogP contribution is -2.22. The Balaban J connectivity index is 1.63. The van der Waals surface area contributed by atoms with Crippen molar-refractivity contribution in [2.45, 2.75) is 25.7 Å². The first-order chi connectivity index (χ1) is 16.3. The lowest BCUT2D eigenvalue weighted by molar-refractivity contribution is 0.0698. The van der Waals surface area contributed by atoms with Crippen LogP contribution in [0.4, 0.5) is 5.69 Å². The number of aromatic nitrogens is 1. The number of hydrogen-bond donors (Lipinski definition) is 2. The quantitative estimate of drug-likeness (QED) is 0.301. The number of para-hydroxylation sites is 2. The van der Waals surface area contributed by atoms with E-state index in [0.717, 1.165) is 39.6 Å². The van der Waals surface area contributed by atoms with Gasteiger partial charge in [0.05, 0.1) is 16.8 Å². The molecule has 3 aromatic carbocycles. The molecule has 0 saturated carbocycles. The molecular weight excluding hydrogens is 424 g/mol. The first kappa shape index (κ1) is 21.6. The lowest BCUT2D eigenvalue weighted by atomic mass is 9.71. The summed E-state index contributed by atoms with van der Waals surface area (Å²) in [5.74, 6) is -1.46. The zero-order valence-electron chi connectivity index (χ0n) is 19.0. The number of aromatic carboxylic acids is 1. The first-order valence-electron chi connectivity index (χ1n) is 11.1. The number of fused-ring (bicyclic) bond motifs is 2. The van der Waals surface area contributed by atoms with Crippen LogP contribution in [0.1, 0.15) is 63.2 Å². The summed E-state index contributed by atoms with van der Waals surface area (Å²) in [4.78, 5) is 29.5. The molecule has 5 heteroatoms. The number of carboxylic acids is 1. The Bertz CT molecular complexity index is 1520. The largest absolute Gasteiger partial charge is 0.478 e. The Morgan fingerprint density at radius 3 is 2.53 bits per heavy atom. The standard InChI is InChI=1S/C29H24N2O3/c1-29(2)13-12-20(19-14-17-6-3-4-9-25(17)31-16-19)23-15-18(10-11-24(23)29)27(32)21-7-5-8-22(26(21)30)28(33)34/h3-12,14-16H,13,30H2,1-2H3,(H,33,34). The van der Waals surface area contributed by atoms with Crippen LogP contribution in [0.2, 0.25) is 0 Å². The average molecular weight is 449 g/mol. The molecule has 1 aliphatic rings. The van der Waals surface area contributed by atoms with Crippen molar-refractivity contribution < 1.29 is 14.7 Å². The molecule has 1 heterocycles. The summed E-state index contributed by atoms with van der Waals surface area (Å²) >= 11 is 0. The van der Waals surface area contributed by atoms with Gasteiger partial charge in [0.25, 0.3) is 0 Å². The van der Waals surface area contributed by atoms with Gasteiger partial charge in [-0.15, -0.1) is 0 Å². The third kappa shape index (κ3) is 3.55. The van der Waals surface area contributed by atoms with E-state index in [1.54, 1.807) is 18.2 Å². The number of hydrogen-bond acceptors (Lipinski definition) is 4. The number of carboxylic acid groups (broad SMARTS) is 1. The molecule has 0 saturated heterocycles. The fraction of sp³-hybridized carbons (Fsp3) is 0.138. The SMILES string of the molecule is CC1(C)CC=C(c2cnc3ccccc3c2)c2cc(C(=O)c3cccc(C(=O)O)c3N)ccc21. The van der Waals surface area contributed by atoms with Crippen LogP contribution in [0.3, 0.4) is 0 Å². The predicted octanol–water partition coefficient (Wildman–Crippen LogP) is 5.86. The number of nitrogens with zero attached hydrogens (tertiary/aromatic N) is 1. The Kier molecular flexibility index (Phi) is 5.05. The van der Waals surface area contributed by atoms with Crippen molar-refractivity contribution in [3.63, 3.8) is 0 Å². The van der Waals surface area contributed by atoms with Crippen LogP contribution >= 0.6 is 0 Å². The Morgan fingerprint density at radius 2 is 1.74 bits per heavy atom. The van der Waals surface area contributed by atoms with E-state index in [1.165, 1.54) is 6.07 Å². The number of ketones is 1. The van der Waals surface area contributed by atoms with Gasteiger partial charge in [0.1, 0.15) is 0 Å². The lowest BCUT2D eigenvalue weighted by Gasteiger charge is -2.32. The first-order valence-corrected chi connectivity index (χ1v) is 11.1. The molecule has 0 amide bonds. The zero-order valence-corrected chi connectivity index (χ0v) is 19.0. The Morgan fingerprint density at radius 1 is 0.971 bits per heavy atom. The second-order valence-electron chi connectivity index (χ2n) is 9.28. The number of pyridine rings is 1. The summed E-state index contributed by atoms with van der Waals surface area (Å²) in [6.07, 6.45) is 4.95. The van der Waals surface area contributed by atoms with E-state index < -0.39 is 5.97 Å². The summed E-state index contributed by atoms with van der Waals surface area (Å²) in [6, 6.07) is 20.3. The third-order valence-electron chi connectivity index (χ3n) is 6.60. The summed E-state index contributed by atoms with van der Waals surface area (Å²) in [7, 11) is 0. The number of anilines is 1. The number of carbonyl (C=O) groups excluding carboxylic acids is 1. The molecule has 5 nitrogen and oxygen atoms in total. The highest BCUT2D eigenvalue weighted by atomic mass is 16.4. The van der Waals surface area contributed by atoms with Gasteiger partial charge in [-0.05, 0) is 58.9 Å². The Hall–Kier alpha value is -4.25. The molecule has 0 radical (unpaired) electrons. The molecular formula is C29H24N2O3. The van der Waals surface area contributed by atoms with Crippen LogP contribution in [0.15, 0.2) is 79.0 Å². The van der Waals surface area contributed by atoms with Crippen LogP contribution in [0.25, 0.3) is 16.5 Å². The van der Waals surface area contributed by atoms with Crippen molar-refractivity contribution in [1.82, 2.24) is 4.98 Å². The van der Waals surface area contributed by atoms with E-state index in [0.29, 0.717) is 5.56 Å². The van der Waals surface area contributed by atoms with Gasteiger partial charge in [-0.25, -0.2) is 4.79 Å². The topological polar surface area (TPSA) is 93.3 Å². The summed E-state index contributed by atoms with van der Waals surface area (Å²) in [6.45, 7) is 4.38. The molecule has 1 aliphatic carbocycles. The maximum atomic E-state index is 13.4. The van der Waals surface area contributed by atoms with Gasteiger partial charge in [0.15, 0.2) is 5.78 Å². The van der Waals surface area contributed by atoms with Crippen molar-refractivity contribution in [1.29, 1.82) is 0 Å². The van der Waals surface area contributed by atoms with Gasteiger partial charge in [-0.1, -0.05) is 56.3 Å². The number of benzene rings is 3. The molecule has 168 valence electrons. The highest BCUT2D eigenvalue weighted by Gasteiger charge is 2.30. The van der Waals surface area contributed by atoms with Gasteiger partial charge in [0.2, 0.25) is 0 Å². The average Bonchev–Trinajstić information content (AvgIpc) is 2.83. The molecule has 0 spiro atoms. The highest BCUT2D eigenvalue weighted by molar-refractivity contribution is 6.14. The van der Waals surface area contributed by atoms with Gasteiger partial charge < -0.3 is 10.8 Å². The van der Waals surface area contributed by atoms with Gasteiger partial charge >= 0.3 is 5.97 Å². The van der Waals surface area contributed by atoms with Crippen LogP contribution in [-0.4, -0.2) is 21.8 Å². The van der Waals surface area contributed by atoms with Crippen molar-refractivity contribution in [2.75, 3.05) is 5.73 Å². The van der Waals surface area contributed by atoms with Gasteiger partial charge in [-0.3, -0.25) is 9.78 Å². The van der Waals surface area contributed by atoms with Crippen LogP contribution < -0.4 is 5.73 Å². The molecule has 5 rings (SSSR count). The maximum absolute atomic E-state index is 13.4. The fourth-order valence-corrected chi connectivity index (χ4v) is 4.67. The van der Waals surface area contributed by atoms with Crippen molar-refractivity contribution >= 4 is 33.9 Å². The minimum atomic E-state index is -1.16. The summed E-state index contributed by atoms with van der Waals surface area (Å²) in [5.41, 5.74) is 11.6. The van der Waals surface area contributed by atoms with Gasteiger partial charge in [-0.2, -0.15) is 0 Å². The number of nitrogen functional groups attached to an aromatic ring is 1. The molecule has 1 aromatic heterocycles. The third-order valence-corrected chi connectivity index (χ3v) is 6.60. The van der Waals surface area contributed by atoms with Gasteiger partial charge in [0, 0.05) is 28.3 Å². The molecule has 0 bridgehead atoms. The fourth-order valence-electron chi connectivity index (χ4n) is 4.67. The summed E-state index contributed by atoms with van der Waals surface area (Å²) < 4.78 is 0. The van der Waals surface area contributed by atoms with Crippen LogP contribution in [-0.2, 0) is 5.41 Å². The zero-order chi connectivity index (χ0) is 24.0. The number of nitrogens with two attached hydrogens (primary N) is 1. The molecule has 0 aliphatic heterocycles. The molecule has 3 N–H and O–H groups in total. The minimum absolute atomic E-state index is 0.0208. The predicted molar refractivity (Wildman–Crippen MR) is 134 cm³/mol. The second-order valence-corrected chi connectivity index (χ2v) is 9.28. The number of allylic oxidation sites excluding steroid dienone is 1.